The lowest BCUT2D eigenvalue weighted by atomic mass is 9.97. The molecule has 21 heavy (non-hydrogen) atoms. The molecular formula is C17H17BrFNO. The molecule has 110 valence electrons. The van der Waals surface area contributed by atoms with Gasteiger partial charge >= 0.3 is 0 Å². The van der Waals surface area contributed by atoms with Crippen molar-refractivity contribution >= 4 is 27.5 Å². The average molecular weight is 350 g/mol. The lowest BCUT2D eigenvalue weighted by Crippen LogP contribution is -2.15. The molecule has 0 aliphatic carbocycles. The number of amides is 1. The highest BCUT2D eigenvalue weighted by atomic mass is 79.9. The van der Waals surface area contributed by atoms with Crippen LogP contribution < -0.4 is 5.32 Å². The lowest BCUT2D eigenvalue weighted by Gasteiger charge is -2.15. The van der Waals surface area contributed by atoms with E-state index in [1.165, 1.54) is 6.07 Å². The van der Waals surface area contributed by atoms with E-state index in [0.717, 1.165) is 22.4 Å². The van der Waals surface area contributed by atoms with Gasteiger partial charge in [-0.05, 0) is 36.6 Å². The summed E-state index contributed by atoms with van der Waals surface area (Å²) in [6.07, 6.45) is 0.451. The number of anilines is 1. The van der Waals surface area contributed by atoms with Gasteiger partial charge in [0, 0.05) is 12.1 Å². The smallest absolute Gasteiger partial charge is 0.235 e. The number of carbonyl (C=O) groups excluding carboxylic acids is 1. The second-order valence-electron chi connectivity index (χ2n) is 5.07. The first-order chi connectivity index (χ1) is 10.0. The van der Waals surface area contributed by atoms with E-state index >= 15 is 0 Å². The van der Waals surface area contributed by atoms with Crippen LogP contribution in [0.5, 0.6) is 0 Å². The van der Waals surface area contributed by atoms with Crippen LogP contribution in [0.1, 0.15) is 22.3 Å². The standard InChI is InChI=1S/C17H17BrFNO/c1-11-7-12(2)17(20-16(21)10-18)14(8-11)9-13-5-3-4-6-15(13)19/h3-8H,9-10H2,1-2H3,(H,20,21). The Hall–Kier alpha value is -1.68. The van der Waals surface area contributed by atoms with Gasteiger partial charge in [-0.1, -0.05) is 51.8 Å². The summed E-state index contributed by atoms with van der Waals surface area (Å²) < 4.78 is 13.8. The second kappa shape index (κ2) is 6.85. The van der Waals surface area contributed by atoms with Crippen molar-refractivity contribution in [2.45, 2.75) is 20.3 Å². The number of benzene rings is 2. The van der Waals surface area contributed by atoms with Crippen LogP contribution in [-0.4, -0.2) is 11.2 Å². The first kappa shape index (κ1) is 15.7. The minimum absolute atomic E-state index is 0.114. The Balaban J connectivity index is 2.42. The molecule has 0 saturated carbocycles. The summed E-state index contributed by atoms with van der Waals surface area (Å²) in [4.78, 5) is 11.7. The number of rotatable bonds is 4. The van der Waals surface area contributed by atoms with E-state index in [-0.39, 0.29) is 17.1 Å². The zero-order valence-corrected chi connectivity index (χ0v) is 13.6. The molecule has 0 aliphatic rings. The van der Waals surface area contributed by atoms with Crippen LogP contribution >= 0.6 is 15.9 Å². The molecule has 0 unspecified atom stereocenters. The largest absolute Gasteiger partial charge is 0.325 e. The number of alkyl halides is 1. The fourth-order valence-electron chi connectivity index (χ4n) is 2.39. The summed E-state index contributed by atoms with van der Waals surface area (Å²) in [6.45, 7) is 3.94. The third-order valence-electron chi connectivity index (χ3n) is 3.29. The first-order valence-corrected chi connectivity index (χ1v) is 7.82. The molecule has 1 amide bonds. The SMILES string of the molecule is Cc1cc(C)c(NC(=O)CBr)c(Cc2ccccc2F)c1. The van der Waals surface area contributed by atoms with E-state index in [1.807, 2.05) is 32.0 Å². The van der Waals surface area contributed by atoms with E-state index in [2.05, 4.69) is 21.2 Å². The van der Waals surface area contributed by atoms with Crippen molar-refractivity contribution in [3.8, 4) is 0 Å². The van der Waals surface area contributed by atoms with Crippen molar-refractivity contribution < 1.29 is 9.18 Å². The molecule has 0 heterocycles. The summed E-state index contributed by atoms with van der Waals surface area (Å²) in [5, 5.41) is 3.12. The summed E-state index contributed by atoms with van der Waals surface area (Å²) in [5.41, 5.74) is 4.39. The van der Waals surface area contributed by atoms with E-state index in [0.29, 0.717) is 12.0 Å². The van der Waals surface area contributed by atoms with E-state index < -0.39 is 0 Å². The Morgan fingerprint density at radius 3 is 2.57 bits per heavy atom. The van der Waals surface area contributed by atoms with Crippen LogP contribution in [0.2, 0.25) is 0 Å². The van der Waals surface area contributed by atoms with E-state index in [9.17, 15) is 9.18 Å². The van der Waals surface area contributed by atoms with Crippen LogP contribution in [-0.2, 0) is 11.2 Å². The van der Waals surface area contributed by atoms with Gasteiger partial charge in [-0.3, -0.25) is 4.79 Å². The van der Waals surface area contributed by atoms with Gasteiger partial charge in [0.2, 0.25) is 5.91 Å². The predicted molar refractivity (Wildman–Crippen MR) is 87.5 cm³/mol. The van der Waals surface area contributed by atoms with Crippen LogP contribution in [0.15, 0.2) is 36.4 Å². The Morgan fingerprint density at radius 1 is 1.19 bits per heavy atom. The van der Waals surface area contributed by atoms with Gasteiger partial charge in [0.1, 0.15) is 5.82 Å². The van der Waals surface area contributed by atoms with Gasteiger partial charge in [-0.2, -0.15) is 0 Å². The zero-order valence-electron chi connectivity index (χ0n) is 12.0. The van der Waals surface area contributed by atoms with Crippen LogP contribution in [0, 0.1) is 19.7 Å². The Morgan fingerprint density at radius 2 is 1.90 bits per heavy atom. The number of hydrogen-bond acceptors (Lipinski definition) is 1. The molecule has 0 fully saturated rings. The minimum Gasteiger partial charge on any atom is -0.325 e. The van der Waals surface area contributed by atoms with Gasteiger partial charge < -0.3 is 5.32 Å². The van der Waals surface area contributed by atoms with Gasteiger partial charge in [0.15, 0.2) is 0 Å². The van der Waals surface area contributed by atoms with Crippen molar-refractivity contribution in [2.24, 2.45) is 0 Å². The molecule has 0 aliphatic heterocycles. The van der Waals surface area contributed by atoms with Gasteiger partial charge in [-0.15, -0.1) is 0 Å². The van der Waals surface area contributed by atoms with Crippen molar-refractivity contribution in [3.05, 3.63) is 64.5 Å². The van der Waals surface area contributed by atoms with E-state index in [1.54, 1.807) is 12.1 Å². The summed E-state index contributed by atoms with van der Waals surface area (Å²) in [5.74, 6) is -0.342. The molecule has 0 aromatic heterocycles. The minimum atomic E-state index is -0.227. The monoisotopic (exact) mass is 349 g/mol. The van der Waals surface area contributed by atoms with Crippen molar-refractivity contribution in [3.63, 3.8) is 0 Å². The molecule has 0 spiro atoms. The fourth-order valence-corrected chi connectivity index (χ4v) is 2.53. The van der Waals surface area contributed by atoms with Gasteiger partial charge in [-0.25, -0.2) is 4.39 Å². The number of hydrogen-bond donors (Lipinski definition) is 1. The molecule has 2 nitrogen and oxygen atoms in total. The average Bonchev–Trinajstić information content (AvgIpc) is 2.44. The molecule has 2 aromatic rings. The molecule has 0 radical (unpaired) electrons. The molecular weight excluding hydrogens is 333 g/mol. The fraction of sp³-hybridized carbons (Fsp3) is 0.235. The highest BCUT2D eigenvalue weighted by Gasteiger charge is 2.12. The molecule has 2 rings (SSSR count). The molecule has 0 atom stereocenters. The number of halogens is 2. The van der Waals surface area contributed by atoms with Crippen LogP contribution in [0.3, 0.4) is 0 Å². The molecule has 2 aromatic carbocycles. The first-order valence-electron chi connectivity index (χ1n) is 6.70. The Kier molecular flexibility index (Phi) is 5.12. The van der Waals surface area contributed by atoms with E-state index in [4.69, 9.17) is 0 Å². The lowest BCUT2D eigenvalue weighted by molar-refractivity contribution is -0.113. The molecule has 4 heteroatoms. The molecule has 0 saturated heterocycles. The third-order valence-corrected chi connectivity index (χ3v) is 3.80. The third kappa shape index (κ3) is 3.91. The highest BCUT2D eigenvalue weighted by molar-refractivity contribution is 9.09. The number of aryl methyl sites for hydroxylation is 2. The maximum Gasteiger partial charge on any atom is 0.235 e. The predicted octanol–water partition coefficient (Wildman–Crippen LogP) is 4.37. The van der Waals surface area contributed by atoms with Crippen LogP contribution in [0.4, 0.5) is 10.1 Å². The highest BCUT2D eigenvalue weighted by Crippen LogP contribution is 2.26. The topological polar surface area (TPSA) is 29.1 Å². The Bertz CT molecular complexity index is 670. The quantitative estimate of drug-likeness (QED) is 0.816. The number of nitrogens with one attached hydrogen (secondary N) is 1. The van der Waals surface area contributed by atoms with Gasteiger partial charge in [0.25, 0.3) is 0 Å². The van der Waals surface area contributed by atoms with Crippen molar-refractivity contribution in [1.82, 2.24) is 0 Å². The summed E-state index contributed by atoms with van der Waals surface area (Å²) in [7, 11) is 0. The second-order valence-corrected chi connectivity index (χ2v) is 5.63. The van der Waals surface area contributed by atoms with Crippen LogP contribution in [0.25, 0.3) is 0 Å². The maximum atomic E-state index is 13.8. The van der Waals surface area contributed by atoms with Crippen molar-refractivity contribution in [2.75, 3.05) is 10.6 Å². The van der Waals surface area contributed by atoms with Gasteiger partial charge in [0.05, 0.1) is 5.33 Å². The Labute approximate surface area is 132 Å². The maximum absolute atomic E-state index is 13.8. The summed E-state index contributed by atoms with van der Waals surface area (Å²) >= 11 is 3.14. The zero-order chi connectivity index (χ0) is 15.4. The summed E-state index contributed by atoms with van der Waals surface area (Å²) in [6, 6.07) is 10.7. The molecule has 0 bridgehead atoms. The molecule has 1 N–H and O–H groups in total. The number of carbonyl (C=O) groups is 1. The normalized spacial score (nSPS) is 10.5. The van der Waals surface area contributed by atoms with Crippen molar-refractivity contribution in [1.29, 1.82) is 0 Å².